The van der Waals surface area contributed by atoms with Crippen molar-refractivity contribution in [3.05, 3.63) is 10.6 Å². The SMILES string of the molecule is Cc1nc(N(CC2CC2)C(C)C)sc1C(C)O. The summed E-state index contributed by atoms with van der Waals surface area (Å²) in [7, 11) is 0. The normalized spacial score (nSPS) is 17.5. The lowest BCUT2D eigenvalue weighted by Crippen LogP contribution is -2.32. The van der Waals surface area contributed by atoms with Crippen molar-refractivity contribution in [1.82, 2.24) is 4.98 Å². The number of aliphatic hydroxyl groups is 1. The Kier molecular flexibility index (Phi) is 3.73. The molecule has 1 aliphatic rings. The Balaban J connectivity index is 2.19. The highest BCUT2D eigenvalue weighted by Gasteiger charge is 2.27. The topological polar surface area (TPSA) is 36.4 Å². The Labute approximate surface area is 107 Å². The smallest absolute Gasteiger partial charge is 0.186 e. The summed E-state index contributed by atoms with van der Waals surface area (Å²) in [5.74, 6) is 0.858. The molecule has 0 radical (unpaired) electrons. The van der Waals surface area contributed by atoms with Crippen LogP contribution in [0, 0.1) is 12.8 Å². The molecule has 2 rings (SSSR count). The molecule has 4 heteroatoms. The first kappa shape index (κ1) is 12.8. The molecule has 17 heavy (non-hydrogen) atoms. The van der Waals surface area contributed by atoms with Crippen molar-refractivity contribution in [2.45, 2.75) is 52.7 Å². The van der Waals surface area contributed by atoms with Crippen LogP contribution in [0.2, 0.25) is 0 Å². The van der Waals surface area contributed by atoms with E-state index in [1.165, 1.54) is 12.8 Å². The molecular weight excluding hydrogens is 232 g/mol. The van der Waals surface area contributed by atoms with Gasteiger partial charge in [0, 0.05) is 12.6 Å². The second-order valence-corrected chi connectivity index (χ2v) is 6.32. The lowest BCUT2D eigenvalue weighted by atomic mass is 10.3. The molecule has 1 fully saturated rings. The molecule has 0 spiro atoms. The van der Waals surface area contributed by atoms with E-state index in [1.54, 1.807) is 11.3 Å². The second-order valence-electron chi connectivity index (χ2n) is 5.31. The molecule has 0 saturated heterocycles. The highest BCUT2D eigenvalue weighted by atomic mass is 32.1. The summed E-state index contributed by atoms with van der Waals surface area (Å²) in [6.07, 6.45) is 2.31. The number of aromatic nitrogens is 1. The van der Waals surface area contributed by atoms with Crippen molar-refractivity contribution >= 4 is 16.5 Å². The van der Waals surface area contributed by atoms with Crippen LogP contribution in [0.4, 0.5) is 5.13 Å². The molecule has 1 unspecified atom stereocenters. The van der Waals surface area contributed by atoms with Gasteiger partial charge in [-0.2, -0.15) is 0 Å². The van der Waals surface area contributed by atoms with Crippen LogP contribution in [0.3, 0.4) is 0 Å². The molecule has 1 aromatic rings. The molecule has 1 heterocycles. The lowest BCUT2D eigenvalue weighted by molar-refractivity contribution is 0.202. The van der Waals surface area contributed by atoms with Gasteiger partial charge in [0.15, 0.2) is 5.13 Å². The third kappa shape index (κ3) is 2.99. The minimum Gasteiger partial charge on any atom is -0.388 e. The van der Waals surface area contributed by atoms with Crippen LogP contribution >= 0.6 is 11.3 Å². The fourth-order valence-corrected chi connectivity index (χ4v) is 3.14. The summed E-state index contributed by atoms with van der Waals surface area (Å²) in [4.78, 5) is 8.00. The third-order valence-electron chi connectivity index (χ3n) is 3.22. The highest BCUT2D eigenvalue weighted by Crippen LogP contribution is 2.36. The zero-order chi connectivity index (χ0) is 12.6. The molecular formula is C13H22N2OS. The van der Waals surface area contributed by atoms with Gasteiger partial charge < -0.3 is 10.0 Å². The van der Waals surface area contributed by atoms with Crippen LogP contribution in [0.5, 0.6) is 0 Å². The van der Waals surface area contributed by atoms with E-state index >= 15 is 0 Å². The molecule has 1 saturated carbocycles. The van der Waals surface area contributed by atoms with Gasteiger partial charge in [-0.05, 0) is 46.5 Å². The van der Waals surface area contributed by atoms with Crippen LogP contribution in [0.1, 0.15) is 50.3 Å². The van der Waals surface area contributed by atoms with Crippen molar-refractivity contribution in [2.75, 3.05) is 11.4 Å². The Morgan fingerprint density at radius 2 is 2.06 bits per heavy atom. The van der Waals surface area contributed by atoms with E-state index in [0.717, 1.165) is 28.2 Å². The maximum Gasteiger partial charge on any atom is 0.186 e. The number of anilines is 1. The van der Waals surface area contributed by atoms with Gasteiger partial charge in [-0.25, -0.2) is 4.98 Å². The Bertz CT molecular complexity index is 383. The van der Waals surface area contributed by atoms with Gasteiger partial charge in [0.1, 0.15) is 0 Å². The van der Waals surface area contributed by atoms with Gasteiger partial charge >= 0.3 is 0 Å². The van der Waals surface area contributed by atoms with Crippen LogP contribution in [0.15, 0.2) is 0 Å². The first-order valence-corrected chi connectivity index (χ1v) is 7.22. The van der Waals surface area contributed by atoms with Gasteiger partial charge in [0.05, 0.1) is 16.7 Å². The molecule has 1 aromatic heterocycles. The summed E-state index contributed by atoms with van der Waals surface area (Å²) in [6.45, 7) is 9.33. The number of thiazole rings is 1. The van der Waals surface area contributed by atoms with Gasteiger partial charge in [0.2, 0.25) is 0 Å². The zero-order valence-corrected chi connectivity index (χ0v) is 11.9. The van der Waals surface area contributed by atoms with Crippen molar-refractivity contribution in [3.8, 4) is 0 Å². The van der Waals surface area contributed by atoms with E-state index in [4.69, 9.17) is 0 Å². The maximum atomic E-state index is 9.68. The number of nitrogens with zero attached hydrogens (tertiary/aromatic N) is 2. The quantitative estimate of drug-likeness (QED) is 0.877. The van der Waals surface area contributed by atoms with E-state index in [0.29, 0.717) is 6.04 Å². The molecule has 3 nitrogen and oxygen atoms in total. The summed E-state index contributed by atoms with van der Waals surface area (Å²) in [6, 6.07) is 0.475. The first-order chi connectivity index (χ1) is 7.99. The molecule has 1 atom stereocenters. The average Bonchev–Trinajstić information content (AvgIpc) is 2.97. The predicted octanol–water partition coefficient (Wildman–Crippen LogP) is 3.13. The maximum absolute atomic E-state index is 9.68. The second kappa shape index (κ2) is 4.94. The fraction of sp³-hybridized carbons (Fsp3) is 0.769. The molecule has 1 aliphatic carbocycles. The minimum atomic E-state index is -0.406. The fourth-order valence-electron chi connectivity index (χ4n) is 1.99. The number of aryl methyl sites for hydroxylation is 1. The molecule has 0 amide bonds. The number of hydrogen-bond donors (Lipinski definition) is 1. The van der Waals surface area contributed by atoms with E-state index in [9.17, 15) is 5.11 Å². The Morgan fingerprint density at radius 1 is 1.41 bits per heavy atom. The van der Waals surface area contributed by atoms with Crippen molar-refractivity contribution in [2.24, 2.45) is 5.92 Å². The third-order valence-corrected chi connectivity index (χ3v) is 4.59. The lowest BCUT2D eigenvalue weighted by Gasteiger charge is -2.26. The van der Waals surface area contributed by atoms with Crippen molar-refractivity contribution in [1.29, 1.82) is 0 Å². The Hall–Kier alpha value is -0.610. The monoisotopic (exact) mass is 254 g/mol. The predicted molar refractivity (Wildman–Crippen MR) is 72.7 cm³/mol. The van der Waals surface area contributed by atoms with E-state index in [2.05, 4.69) is 23.7 Å². The zero-order valence-electron chi connectivity index (χ0n) is 11.1. The van der Waals surface area contributed by atoms with Gasteiger partial charge in [0.25, 0.3) is 0 Å². The van der Waals surface area contributed by atoms with Gasteiger partial charge in [-0.1, -0.05) is 11.3 Å². The van der Waals surface area contributed by atoms with Gasteiger partial charge in [-0.3, -0.25) is 0 Å². The standard InChI is InChI=1S/C13H22N2OS/c1-8(2)15(7-11-5-6-11)13-14-9(3)12(17-13)10(4)16/h8,10-11,16H,5-7H2,1-4H3. The van der Waals surface area contributed by atoms with Gasteiger partial charge in [-0.15, -0.1) is 0 Å². The highest BCUT2D eigenvalue weighted by molar-refractivity contribution is 7.15. The summed E-state index contributed by atoms with van der Waals surface area (Å²) >= 11 is 1.64. The molecule has 0 bridgehead atoms. The van der Waals surface area contributed by atoms with Crippen LogP contribution in [-0.2, 0) is 0 Å². The number of rotatable bonds is 5. The number of aliphatic hydroxyl groups excluding tert-OH is 1. The Morgan fingerprint density at radius 3 is 2.47 bits per heavy atom. The van der Waals surface area contributed by atoms with Crippen molar-refractivity contribution < 1.29 is 5.11 Å². The first-order valence-electron chi connectivity index (χ1n) is 6.41. The summed E-state index contributed by atoms with van der Waals surface area (Å²) in [5.41, 5.74) is 0.974. The largest absolute Gasteiger partial charge is 0.388 e. The summed E-state index contributed by atoms with van der Waals surface area (Å²) in [5, 5.41) is 10.8. The average molecular weight is 254 g/mol. The minimum absolute atomic E-state index is 0.406. The van der Waals surface area contributed by atoms with E-state index in [-0.39, 0.29) is 0 Å². The molecule has 96 valence electrons. The van der Waals surface area contributed by atoms with Crippen LogP contribution < -0.4 is 4.90 Å². The summed E-state index contributed by atoms with van der Waals surface area (Å²) < 4.78 is 0. The molecule has 0 aliphatic heterocycles. The number of hydrogen-bond acceptors (Lipinski definition) is 4. The van der Waals surface area contributed by atoms with E-state index < -0.39 is 6.10 Å². The van der Waals surface area contributed by atoms with E-state index in [1.807, 2.05) is 13.8 Å². The van der Waals surface area contributed by atoms with Crippen LogP contribution in [-0.4, -0.2) is 22.7 Å². The molecule has 0 aromatic carbocycles. The van der Waals surface area contributed by atoms with Crippen molar-refractivity contribution in [3.63, 3.8) is 0 Å². The molecule has 1 N–H and O–H groups in total. The van der Waals surface area contributed by atoms with Crippen LogP contribution in [0.25, 0.3) is 0 Å².